The van der Waals surface area contributed by atoms with Crippen LogP contribution in [0.4, 0.5) is 10.1 Å². The Kier molecular flexibility index (Phi) is 15.1. The normalized spacial score (nSPS) is 17.4. The first-order valence-corrected chi connectivity index (χ1v) is 18.5. The first kappa shape index (κ1) is 44.2. The molecule has 18 nitrogen and oxygen atoms in total. The van der Waals surface area contributed by atoms with Gasteiger partial charge < -0.3 is 46.0 Å². The van der Waals surface area contributed by atoms with Crippen LogP contribution in [0.2, 0.25) is 5.02 Å². The van der Waals surface area contributed by atoms with Gasteiger partial charge in [-0.1, -0.05) is 35.9 Å². The summed E-state index contributed by atoms with van der Waals surface area (Å²) in [6, 6.07) is 12.7. The average Bonchev–Trinajstić information content (AvgIpc) is 3.78. The van der Waals surface area contributed by atoms with Gasteiger partial charge in [0.25, 0.3) is 12.4 Å². The molecule has 3 heterocycles. The number of aromatic carboxylic acids is 1. The largest absolute Gasteiger partial charge is 0.483 e. The maximum Gasteiger partial charge on any atom is 0.335 e. The zero-order chi connectivity index (χ0) is 42.8. The van der Waals surface area contributed by atoms with E-state index in [1.54, 1.807) is 12.1 Å². The highest BCUT2D eigenvalue weighted by atomic mass is 35.5. The standard InChI is InChI=1S/C38H39ClFN7O9.CH2O2/c39-28-9-10-29(47-20-41-43-44-47)27(33(28)40)8-11-32(51)46-17-14-25-24(21-12-15-45(16-13-21)18-30(49)35(52)36(53)31(50)19-48)2-1-3-26(25)34(46)37(54)42-23-6-4-22(5-7-23)38(55)56;2-1-3/h1-12,20,30-31,34-36,48-50,52-53H,13-19H2,(H,42,54)(H,55,56);1H,(H,2,3)/b11-8+;/t30-,31+,34-,35+,36+;/m0./s1. The molecule has 0 radical (unpaired) electrons. The predicted molar refractivity (Wildman–Crippen MR) is 209 cm³/mol. The molecular weight excluding hydrogens is 797 g/mol. The minimum atomic E-state index is -1.73. The number of hydrogen-bond donors (Lipinski definition) is 8. The molecule has 59 heavy (non-hydrogen) atoms. The number of β-amino-alcohol motifs (C(OH)–C–C–N with tert-alkyl or cyclic N) is 1. The van der Waals surface area contributed by atoms with Crippen LogP contribution < -0.4 is 5.32 Å². The van der Waals surface area contributed by atoms with Crippen LogP contribution >= 0.6 is 11.6 Å². The van der Waals surface area contributed by atoms with Crippen molar-refractivity contribution in [1.82, 2.24) is 30.0 Å². The Morgan fingerprint density at radius 1 is 0.983 bits per heavy atom. The second-order valence-electron chi connectivity index (χ2n) is 13.5. The number of nitrogens with zero attached hydrogens (tertiary/aromatic N) is 6. The number of carbonyl (C=O) groups excluding carboxylic acids is 2. The van der Waals surface area contributed by atoms with Crippen LogP contribution in [0.3, 0.4) is 0 Å². The maximum atomic E-state index is 15.3. The molecule has 1 aromatic heterocycles. The molecule has 0 bridgehead atoms. The molecule has 2 aliphatic rings. The van der Waals surface area contributed by atoms with Crippen LogP contribution in [0.15, 0.2) is 73.1 Å². The molecule has 0 spiro atoms. The summed E-state index contributed by atoms with van der Waals surface area (Å²) in [7, 11) is 0. The van der Waals surface area contributed by atoms with E-state index in [0.717, 1.165) is 22.8 Å². The third-order valence-corrected chi connectivity index (χ3v) is 10.2. The number of carboxylic acid groups (broad SMARTS) is 2. The van der Waals surface area contributed by atoms with E-state index in [9.17, 15) is 39.9 Å². The molecule has 3 aromatic carbocycles. The van der Waals surface area contributed by atoms with Gasteiger partial charge in [-0.05, 0) is 88.0 Å². The number of carbonyl (C=O) groups is 4. The second-order valence-corrected chi connectivity index (χ2v) is 13.9. The van der Waals surface area contributed by atoms with Crippen molar-refractivity contribution in [2.24, 2.45) is 0 Å². The fraction of sp³-hybridized carbons (Fsp3) is 0.308. The average molecular weight is 838 g/mol. The third kappa shape index (κ3) is 10.4. The number of nitrogens with one attached hydrogen (secondary N) is 1. The van der Waals surface area contributed by atoms with E-state index >= 15 is 4.39 Å². The van der Waals surface area contributed by atoms with Crippen LogP contribution in [0.1, 0.15) is 45.1 Å². The topological polar surface area (TPSA) is 272 Å². The fourth-order valence-corrected chi connectivity index (χ4v) is 7.06. The van der Waals surface area contributed by atoms with Crippen LogP contribution in [0, 0.1) is 5.82 Å². The smallest absolute Gasteiger partial charge is 0.335 e. The van der Waals surface area contributed by atoms with E-state index in [0.29, 0.717) is 37.2 Å². The highest BCUT2D eigenvalue weighted by molar-refractivity contribution is 6.31. The monoisotopic (exact) mass is 837 g/mol. The van der Waals surface area contributed by atoms with Crippen molar-refractivity contribution in [2.75, 3.05) is 38.1 Å². The number of rotatable bonds is 13. The second kappa shape index (κ2) is 20.2. The van der Waals surface area contributed by atoms with Crippen molar-refractivity contribution in [3.63, 3.8) is 0 Å². The van der Waals surface area contributed by atoms with Gasteiger partial charge in [-0.15, -0.1) is 5.10 Å². The van der Waals surface area contributed by atoms with Gasteiger partial charge in [0, 0.05) is 43.5 Å². The SMILES string of the molecule is O=C(O)c1ccc(NC(=O)[C@@H]2c3cccc(C4=CCN(C[C@H](O)[C@@H](O)[C@H](O)[C@H](O)CO)CC4)c3CCN2C(=O)/C=C/c2c(-n3cnnn3)ccc(Cl)c2F)cc1.O=CO. The molecule has 0 aliphatic carbocycles. The van der Waals surface area contributed by atoms with E-state index < -0.39 is 60.7 Å². The van der Waals surface area contributed by atoms with Crippen molar-refractivity contribution in [3.8, 4) is 5.69 Å². The number of tetrazole rings is 1. The number of aliphatic hydroxyl groups is 5. The van der Waals surface area contributed by atoms with E-state index in [2.05, 4.69) is 20.8 Å². The summed E-state index contributed by atoms with van der Waals surface area (Å²) in [6.07, 6.45) is 0.0740. The molecule has 6 rings (SSSR count). The zero-order valence-corrected chi connectivity index (χ0v) is 31.9. The molecule has 0 saturated heterocycles. The van der Waals surface area contributed by atoms with Gasteiger partial charge >= 0.3 is 5.97 Å². The van der Waals surface area contributed by atoms with E-state index in [1.165, 1.54) is 58.4 Å². The Bertz CT molecular complexity index is 2190. The fourth-order valence-electron chi connectivity index (χ4n) is 6.89. The molecular formula is C39H41ClFN7O11. The highest BCUT2D eigenvalue weighted by Gasteiger charge is 2.37. The molecule has 0 unspecified atom stereocenters. The number of fused-ring (bicyclic) bond motifs is 1. The maximum absolute atomic E-state index is 15.3. The Morgan fingerprint density at radius 3 is 2.32 bits per heavy atom. The van der Waals surface area contributed by atoms with Crippen LogP contribution in [0.5, 0.6) is 0 Å². The number of benzene rings is 3. The van der Waals surface area contributed by atoms with Crippen molar-refractivity contribution in [1.29, 1.82) is 0 Å². The molecule has 2 amide bonds. The summed E-state index contributed by atoms with van der Waals surface area (Å²) in [4.78, 5) is 51.2. The first-order valence-electron chi connectivity index (χ1n) is 18.1. The molecule has 8 N–H and O–H groups in total. The van der Waals surface area contributed by atoms with E-state index in [1.807, 2.05) is 17.0 Å². The number of halogens is 2. The van der Waals surface area contributed by atoms with E-state index in [4.69, 9.17) is 26.6 Å². The summed E-state index contributed by atoms with van der Waals surface area (Å²) >= 11 is 6.08. The number of amides is 2. The minimum Gasteiger partial charge on any atom is -0.483 e. The Morgan fingerprint density at radius 2 is 1.69 bits per heavy atom. The zero-order valence-electron chi connectivity index (χ0n) is 31.1. The molecule has 5 atom stereocenters. The minimum absolute atomic E-state index is 0.0103. The lowest BCUT2D eigenvalue weighted by Gasteiger charge is -2.37. The van der Waals surface area contributed by atoms with Gasteiger partial charge in [0.15, 0.2) is 5.82 Å². The molecule has 0 fully saturated rings. The highest BCUT2D eigenvalue weighted by Crippen LogP contribution is 2.37. The van der Waals surface area contributed by atoms with Gasteiger partial charge in [-0.25, -0.2) is 9.18 Å². The van der Waals surface area contributed by atoms with Gasteiger partial charge in [-0.2, -0.15) is 4.68 Å². The summed E-state index contributed by atoms with van der Waals surface area (Å²) in [6.45, 7) is -0.0909. The molecule has 0 saturated carbocycles. The van der Waals surface area contributed by atoms with Gasteiger partial charge in [0.05, 0.1) is 29.0 Å². The van der Waals surface area contributed by atoms with Crippen molar-refractivity contribution in [2.45, 2.75) is 43.3 Å². The first-order chi connectivity index (χ1) is 28.3. The lowest BCUT2D eigenvalue weighted by Crippen LogP contribution is -2.50. The quantitative estimate of drug-likeness (QED) is 0.0694. The summed E-state index contributed by atoms with van der Waals surface area (Å²) < 4.78 is 16.6. The molecule has 2 aliphatic heterocycles. The molecule has 20 heteroatoms. The van der Waals surface area contributed by atoms with Crippen molar-refractivity contribution >= 4 is 53.2 Å². The number of hydrogen-bond acceptors (Lipinski definition) is 13. The predicted octanol–water partition coefficient (Wildman–Crippen LogP) is 1.16. The lowest BCUT2D eigenvalue weighted by atomic mass is 9.84. The number of carboxylic acids is 1. The Labute approximate surface area is 340 Å². The van der Waals surface area contributed by atoms with Crippen LogP contribution in [0.25, 0.3) is 17.3 Å². The Hall–Kier alpha value is -5.93. The van der Waals surface area contributed by atoms with Gasteiger partial charge in [0.2, 0.25) is 5.91 Å². The van der Waals surface area contributed by atoms with Crippen molar-refractivity contribution in [3.05, 3.63) is 112 Å². The number of aromatic nitrogens is 4. The van der Waals surface area contributed by atoms with Crippen LogP contribution in [-0.4, -0.2) is 147 Å². The summed E-state index contributed by atoms with van der Waals surface area (Å²) in [5.74, 6) is -3.11. The van der Waals surface area contributed by atoms with Crippen LogP contribution in [-0.2, 0) is 20.8 Å². The van der Waals surface area contributed by atoms with E-state index in [-0.39, 0.29) is 41.4 Å². The number of anilines is 1. The molecule has 312 valence electrons. The van der Waals surface area contributed by atoms with Gasteiger partial charge in [0.1, 0.15) is 30.7 Å². The summed E-state index contributed by atoms with van der Waals surface area (Å²) in [5, 5.41) is 79.3. The van der Waals surface area contributed by atoms with Crippen molar-refractivity contribution < 1.29 is 59.3 Å². The van der Waals surface area contributed by atoms with Gasteiger partial charge in [-0.3, -0.25) is 19.3 Å². The third-order valence-electron chi connectivity index (χ3n) is 9.86. The lowest BCUT2D eigenvalue weighted by molar-refractivity contribution is -0.135. The Balaban J connectivity index is 0.00000214. The summed E-state index contributed by atoms with van der Waals surface area (Å²) in [5.41, 5.74) is 3.69. The molecule has 4 aromatic rings. The number of aliphatic hydroxyl groups excluding tert-OH is 5.